The topological polar surface area (TPSA) is 37.3 Å². The highest BCUT2D eigenvalue weighted by atomic mass is 16.4. The molecule has 2 rings (SSSR count). The van der Waals surface area contributed by atoms with Crippen molar-refractivity contribution < 1.29 is 9.90 Å². The Morgan fingerprint density at radius 1 is 1.00 bits per heavy atom. The maximum Gasteiger partial charge on any atom is 0.336 e. The molecule has 0 spiro atoms. The van der Waals surface area contributed by atoms with E-state index in [9.17, 15) is 9.90 Å². The quantitative estimate of drug-likeness (QED) is 0.515. The fourth-order valence-electron chi connectivity index (χ4n) is 3.53. The van der Waals surface area contributed by atoms with Gasteiger partial charge in [-0.1, -0.05) is 76.1 Å². The molecule has 2 nitrogen and oxygen atoms in total. The Labute approximate surface area is 157 Å². The van der Waals surface area contributed by atoms with Crippen LogP contribution in [0.5, 0.6) is 0 Å². The highest BCUT2D eigenvalue weighted by Crippen LogP contribution is 2.33. The van der Waals surface area contributed by atoms with Gasteiger partial charge in [0.1, 0.15) is 0 Å². The summed E-state index contributed by atoms with van der Waals surface area (Å²) in [6.45, 7) is 6.47. The number of carbonyl (C=O) groups is 1. The first kappa shape index (κ1) is 20.0. The second-order valence-corrected chi connectivity index (χ2v) is 6.72. The van der Waals surface area contributed by atoms with E-state index in [2.05, 4.69) is 39.0 Å². The van der Waals surface area contributed by atoms with E-state index in [0.29, 0.717) is 5.56 Å². The first-order valence-corrected chi connectivity index (χ1v) is 9.76. The number of rotatable bonds is 9. The molecule has 0 aromatic heterocycles. The van der Waals surface area contributed by atoms with Crippen LogP contribution in [0.25, 0.3) is 11.6 Å². The first-order valence-electron chi connectivity index (χ1n) is 9.76. The van der Waals surface area contributed by atoms with E-state index < -0.39 is 5.97 Å². The lowest BCUT2D eigenvalue weighted by Crippen LogP contribution is -2.08. The second kappa shape index (κ2) is 9.96. The van der Waals surface area contributed by atoms with Crippen LogP contribution in [-0.2, 0) is 12.8 Å². The minimum atomic E-state index is -0.840. The van der Waals surface area contributed by atoms with Gasteiger partial charge in [-0.25, -0.2) is 4.79 Å². The summed E-state index contributed by atoms with van der Waals surface area (Å²) in [5.74, 6) is -0.840. The molecule has 0 aliphatic carbocycles. The van der Waals surface area contributed by atoms with E-state index in [1.807, 2.05) is 24.3 Å². The van der Waals surface area contributed by atoms with Crippen molar-refractivity contribution in [3.05, 3.63) is 70.3 Å². The zero-order valence-electron chi connectivity index (χ0n) is 16.2. The third-order valence-corrected chi connectivity index (χ3v) is 4.77. The van der Waals surface area contributed by atoms with Crippen molar-refractivity contribution in [2.45, 2.75) is 59.3 Å². The number of carboxylic acids is 1. The van der Waals surface area contributed by atoms with Crippen molar-refractivity contribution in [3.8, 4) is 0 Å². The number of carboxylic acid groups (broad SMARTS) is 1. The van der Waals surface area contributed by atoms with Crippen molar-refractivity contribution in [2.75, 3.05) is 0 Å². The summed E-state index contributed by atoms with van der Waals surface area (Å²) in [6, 6.07) is 14.0. The SMILES string of the molecule is CCCCC(=Cc1ccccc1)c1c(C(=O)O)ccc(CCC)c1CC. The van der Waals surface area contributed by atoms with Crippen LogP contribution >= 0.6 is 0 Å². The van der Waals surface area contributed by atoms with Crippen molar-refractivity contribution in [2.24, 2.45) is 0 Å². The first-order chi connectivity index (χ1) is 12.6. The van der Waals surface area contributed by atoms with E-state index in [0.717, 1.165) is 55.2 Å². The Morgan fingerprint density at radius 3 is 2.31 bits per heavy atom. The summed E-state index contributed by atoms with van der Waals surface area (Å²) in [5, 5.41) is 9.82. The summed E-state index contributed by atoms with van der Waals surface area (Å²) in [6.07, 6.45) is 8.11. The van der Waals surface area contributed by atoms with Crippen molar-refractivity contribution in [1.82, 2.24) is 0 Å². The molecule has 0 atom stereocenters. The van der Waals surface area contributed by atoms with Crippen LogP contribution in [0, 0.1) is 0 Å². The molecule has 2 heteroatoms. The largest absolute Gasteiger partial charge is 0.478 e. The monoisotopic (exact) mass is 350 g/mol. The summed E-state index contributed by atoms with van der Waals surface area (Å²) in [4.78, 5) is 12.0. The Kier molecular flexibility index (Phi) is 7.65. The molecule has 2 aromatic carbocycles. The van der Waals surface area contributed by atoms with Gasteiger partial charge in [0.25, 0.3) is 0 Å². The Hall–Kier alpha value is -2.35. The van der Waals surface area contributed by atoms with Gasteiger partial charge in [0.15, 0.2) is 0 Å². The van der Waals surface area contributed by atoms with Crippen LogP contribution in [0.3, 0.4) is 0 Å². The number of unbranched alkanes of at least 4 members (excludes halogenated alkanes) is 1. The van der Waals surface area contributed by atoms with Crippen LogP contribution in [0.4, 0.5) is 0 Å². The number of aryl methyl sites for hydroxylation is 1. The van der Waals surface area contributed by atoms with E-state index in [4.69, 9.17) is 0 Å². The summed E-state index contributed by atoms with van der Waals surface area (Å²) in [7, 11) is 0. The zero-order chi connectivity index (χ0) is 18.9. The van der Waals surface area contributed by atoms with Crippen LogP contribution in [0.1, 0.15) is 79.1 Å². The Balaban J connectivity index is 2.69. The molecule has 138 valence electrons. The molecule has 0 aliphatic heterocycles. The van der Waals surface area contributed by atoms with Gasteiger partial charge in [-0.3, -0.25) is 0 Å². The predicted octanol–water partition coefficient (Wildman–Crippen LogP) is 6.63. The Bertz CT molecular complexity index is 757. The third-order valence-electron chi connectivity index (χ3n) is 4.77. The lowest BCUT2D eigenvalue weighted by molar-refractivity contribution is 0.0696. The van der Waals surface area contributed by atoms with E-state index in [1.54, 1.807) is 6.07 Å². The van der Waals surface area contributed by atoms with Gasteiger partial charge < -0.3 is 5.11 Å². The maximum atomic E-state index is 12.0. The van der Waals surface area contributed by atoms with Crippen molar-refractivity contribution in [3.63, 3.8) is 0 Å². The minimum absolute atomic E-state index is 0.431. The van der Waals surface area contributed by atoms with Gasteiger partial charge in [-0.05, 0) is 59.6 Å². The molecule has 0 saturated heterocycles. The molecule has 0 saturated carbocycles. The number of hydrogen-bond acceptors (Lipinski definition) is 1. The summed E-state index contributed by atoms with van der Waals surface area (Å²) < 4.78 is 0. The molecule has 0 radical (unpaired) electrons. The standard InChI is InChI=1S/C24H30O2/c1-4-7-14-20(17-18-12-9-8-10-13-18)23-21(6-3)19(11-5-2)15-16-22(23)24(25)26/h8-10,12-13,15-17H,4-7,11,14H2,1-3H3,(H,25,26). The third kappa shape index (κ3) is 4.85. The van der Waals surface area contributed by atoms with Crippen LogP contribution in [0.15, 0.2) is 42.5 Å². The molecule has 0 heterocycles. The van der Waals surface area contributed by atoms with Gasteiger partial charge in [0.05, 0.1) is 5.56 Å². The molecular weight excluding hydrogens is 320 g/mol. The van der Waals surface area contributed by atoms with Gasteiger partial charge in [0, 0.05) is 0 Å². The average Bonchev–Trinajstić information content (AvgIpc) is 2.65. The lowest BCUT2D eigenvalue weighted by atomic mass is 9.85. The summed E-state index contributed by atoms with van der Waals surface area (Å²) >= 11 is 0. The van der Waals surface area contributed by atoms with Crippen molar-refractivity contribution >= 4 is 17.6 Å². The zero-order valence-corrected chi connectivity index (χ0v) is 16.2. The normalized spacial score (nSPS) is 11.6. The fraction of sp³-hybridized carbons (Fsp3) is 0.375. The average molecular weight is 351 g/mol. The van der Waals surface area contributed by atoms with Gasteiger partial charge in [-0.15, -0.1) is 0 Å². The molecule has 2 aromatic rings. The minimum Gasteiger partial charge on any atom is -0.478 e. The molecule has 1 N–H and O–H groups in total. The van der Waals surface area contributed by atoms with Crippen LogP contribution in [0.2, 0.25) is 0 Å². The van der Waals surface area contributed by atoms with Crippen LogP contribution in [-0.4, -0.2) is 11.1 Å². The molecule has 0 bridgehead atoms. The summed E-state index contributed by atoms with van der Waals surface area (Å²) in [5.41, 5.74) is 6.13. The second-order valence-electron chi connectivity index (χ2n) is 6.72. The highest BCUT2D eigenvalue weighted by molar-refractivity contribution is 5.98. The molecular formula is C24H30O2. The number of aromatic carboxylic acids is 1. The Morgan fingerprint density at radius 2 is 1.73 bits per heavy atom. The fourth-order valence-corrected chi connectivity index (χ4v) is 3.53. The van der Waals surface area contributed by atoms with E-state index in [1.165, 1.54) is 11.1 Å². The maximum absolute atomic E-state index is 12.0. The number of benzene rings is 2. The molecule has 26 heavy (non-hydrogen) atoms. The predicted molar refractivity (Wildman–Crippen MR) is 111 cm³/mol. The molecule has 0 amide bonds. The lowest BCUT2D eigenvalue weighted by Gasteiger charge is -2.19. The number of hydrogen-bond donors (Lipinski definition) is 1. The molecule has 0 unspecified atom stereocenters. The van der Waals surface area contributed by atoms with Gasteiger partial charge >= 0.3 is 5.97 Å². The van der Waals surface area contributed by atoms with Crippen molar-refractivity contribution in [1.29, 1.82) is 0 Å². The molecule has 0 fully saturated rings. The van der Waals surface area contributed by atoms with Crippen LogP contribution < -0.4 is 0 Å². The number of allylic oxidation sites excluding steroid dienone is 1. The van der Waals surface area contributed by atoms with E-state index in [-0.39, 0.29) is 0 Å². The van der Waals surface area contributed by atoms with E-state index >= 15 is 0 Å². The molecule has 0 aliphatic rings. The smallest absolute Gasteiger partial charge is 0.336 e. The van der Waals surface area contributed by atoms with Gasteiger partial charge in [0.2, 0.25) is 0 Å². The van der Waals surface area contributed by atoms with Gasteiger partial charge in [-0.2, -0.15) is 0 Å². The highest BCUT2D eigenvalue weighted by Gasteiger charge is 2.19.